The summed E-state index contributed by atoms with van der Waals surface area (Å²) in [6.07, 6.45) is 1.12. The second-order valence-electron chi connectivity index (χ2n) is 2.39. The third kappa shape index (κ3) is 1.39. The number of ether oxygens (including phenoxy) is 1. The van der Waals surface area contributed by atoms with Crippen LogP contribution in [-0.2, 0) is 4.74 Å². The van der Waals surface area contributed by atoms with Crippen molar-refractivity contribution >= 4 is 11.8 Å². The van der Waals surface area contributed by atoms with Gasteiger partial charge in [-0.2, -0.15) is 11.8 Å². The molecule has 1 heterocycles. The summed E-state index contributed by atoms with van der Waals surface area (Å²) in [5, 5.41) is 0. The minimum Gasteiger partial charge on any atom is -0.376 e. The van der Waals surface area contributed by atoms with E-state index in [1.54, 1.807) is 7.11 Å². The highest BCUT2D eigenvalue weighted by atomic mass is 32.2. The smallest absolute Gasteiger partial charge is 0.0897 e. The fourth-order valence-electron chi connectivity index (χ4n) is 0.994. The fraction of sp³-hybridized carbons (Fsp3) is 1.00. The Kier molecular flexibility index (Phi) is 2.38. The van der Waals surface area contributed by atoms with Crippen LogP contribution >= 0.6 is 11.8 Å². The van der Waals surface area contributed by atoms with Crippen molar-refractivity contribution in [2.45, 2.75) is 12.0 Å². The largest absolute Gasteiger partial charge is 0.376 e. The first-order valence-electron chi connectivity index (χ1n) is 3.16. The molecule has 0 aliphatic carbocycles. The van der Waals surface area contributed by atoms with Crippen molar-refractivity contribution in [2.75, 3.05) is 25.2 Å². The maximum atomic E-state index is 5.54. The average molecular weight is 147 g/mol. The summed E-state index contributed by atoms with van der Waals surface area (Å²) in [4.78, 5) is 0. The minimum absolute atomic E-state index is 0.0185. The highest BCUT2D eigenvalue weighted by Gasteiger charge is 2.32. The Labute approximate surface area is 60.1 Å². The van der Waals surface area contributed by atoms with Crippen LogP contribution in [0.2, 0.25) is 0 Å². The summed E-state index contributed by atoms with van der Waals surface area (Å²) in [5.74, 6) is 2.27. The lowest BCUT2D eigenvalue weighted by atomic mass is 10.0. The van der Waals surface area contributed by atoms with Gasteiger partial charge in [0, 0.05) is 19.4 Å². The zero-order valence-corrected chi connectivity index (χ0v) is 6.54. The van der Waals surface area contributed by atoms with E-state index in [0.717, 1.165) is 12.2 Å². The molecule has 1 saturated heterocycles. The molecule has 0 aromatic rings. The molecule has 1 aliphatic heterocycles. The molecule has 0 saturated carbocycles. The van der Waals surface area contributed by atoms with Crippen LogP contribution in [-0.4, -0.2) is 30.8 Å². The molecule has 0 amide bonds. The molecule has 3 heteroatoms. The van der Waals surface area contributed by atoms with Crippen LogP contribution < -0.4 is 5.73 Å². The van der Waals surface area contributed by atoms with Crippen molar-refractivity contribution in [3.8, 4) is 0 Å². The highest BCUT2D eigenvalue weighted by molar-refractivity contribution is 7.99. The van der Waals surface area contributed by atoms with Gasteiger partial charge in [-0.3, -0.25) is 0 Å². The molecule has 0 aromatic heterocycles. The summed E-state index contributed by atoms with van der Waals surface area (Å²) < 4.78 is 5.30. The molecule has 2 nitrogen and oxygen atoms in total. The van der Waals surface area contributed by atoms with E-state index in [-0.39, 0.29) is 5.60 Å². The Bertz CT molecular complexity index is 85.1. The second-order valence-corrected chi connectivity index (χ2v) is 3.50. The minimum atomic E-state index is 0.0185. The zero-order valence-electron chi connectivity index (χ0n) is 5.72. The highest BCUT2D eigenvalue weighted by Crippen LogP contribution is 2.29. The number of rotatable bonds is 2. The first kappa shape index (κ1) is 7.38. The van der Waals surface area contributed by atoms with Crippen LogP contribution in [0.5, 0.6) is 0 Å². The molecule has 0 aromatic carbocycles. The summed E-state index contributed by atoms with van der Waals surface area (Å²) in [7, 11) is 1.75. The predicted molar refractivity (Wildman–Crippen MR) is 40.7 cm³/mol. The Balaban J connectivity index is 2.45. The Morgan fingerprint density at radius 3 is 2.78 bits per heavy atom. The van der Waals surface area contributed by atoms with Crippen molar-refractivity contribution in [1.29, 1.82) is 0 Å². The van der Waals surface area contributed by atoms with Gasteiger partial charge < -0.3 is 10.5 Å². The second kappa shape index (κ2) is 2.90. The molecule has 54 valence electrons. The SMILES string of the molecule is COC1(CN)CCSC1. The third-order valence-electron chi connectivity index (χ3n) is 1.87. The van der Waals surface area contributed by atoms with E-state index in [1.807, 2.05) is 11.8 Å². The fourth-order valence-corrected chi connectivity index (χ4v) is 2.41. The lowest BCUT2D eigenvalue weighted by molar-refractivity contribution is 0.0209. The van der Waals surface area contributed by atoms with Gasteiger partial charge in [0.2, 0.25) is 0 Å². The van der Waals surface area contributed by atoms with E-state index in [4.69, 9.17) is 10.5 Å². The summed E-state index contributed by atoms with van der Waals surface area (Å²) >= 11 is 1.93. The van der Waals surface area contributed by atoms with Crippen LogP contribution in [0.3, 0.4) is 0 Å². The van der Waals surface area contributed by atoms with Gasteiger partial charge in [0.15, 0.2) is 0 Å². The molecule has 0 radical (unpaired) electrons. The van der Waals surface area contributed by atoms with Crippen molar-refractivity contribution in [3.05, 3.63) is 0 Å². The average Bonchev–Trinajstić information content (AvgIpc) is 2.36. The molecule has 1 aliphatic rings. The van der Waals surface area contributed by atoms with E-state index in [0.29, 0.717) is 6.54 Å². The summed E-state index contributed by atoms with van der Waals surface area (Å²) in [6, 6.07) is 0. The van der Waals surface area contributed by atoms with Crippen LogP contribution in [0.4, 0.5) is 0 Å². The summed E-state index contributed by atoms with van der Waals surface area (Å²) in [5.41, 5.74) is 5.56. The third-order valence-corrected chi connectivity index (χ3v) is 3.10. The van der Waals surface area contributed by atoms with Crippen molar-refractivity contribution < 1.29 is 4.74 Å². The quantitative estimate of drug-likeness (QED) is 0.616. The number of hydrogen-bond donors (Lipinski definition) is 1. The molecule has 0 spiro atoms. The van der Waals surface area contributed by atoms with Gasteiger partial charge in [-0.25, -0.2) is 0 Å². The van der Waals surface area contributed by atoms with Crippen molar-refractivity contribution in [1.82, 2.24) is 0 Å². The molecular formula is C6H13NOS. The molecule has 1 unspecified atom stereocenters. The maximum absolute atomic E-state index is 5.54. The molecule has 1 rings (SSSR count). The van der Waals surface area contributed by atoms with Crippen LogP contribution in [0, 0.1) is 0 Å². The maximum Gasteiger partial charge on any atom is 0.0897 e. The van der Waals surface area contributed by atoms with Crippen LogP contribution in [0.15, 0.2) is 0 Å². The molecule has 2 N–H and O–H groups in total. The van der Waals surface area contributed by atoms with Gasteiger partial charge in [-0.05, 0) is 12.2 Å². The predicted octanol–water partition coefficient (Wildman–Crippen LogP) is 0.467. The topological polar surface area (TPSA) is 35.2 Å². The van der Waals surface area contributed by atoms with Crippen LogP contribution in [0.25, 0.3) is 0 Å². The zero-order chi connectivity index (χ0) is 6.74. The number of nitrogens with two attached hydrogens (primary N) is 1. The van der Waals surface area contributed by atoms with Gasteiger partial charge in [-0.15, -0.1) is 0 Å². The monoisotopic (exact) mass is 147 g/mol. The standard InChI is InChI=1S/C6H13NOS/c1-8-6(4-7)2-3-9-5-6/h2-5,7H2,1H3. The molecule has 0 bridgehead atoms. The first-order valence-corrected chi connectivity index (χ1v) is 4.31. The van der Waals surface area contributed by atoms with Crippen LogP contribution in [0.1, 0.15) is 6.42 Å². The number of methoxy groups -OCH3 is 1. The first-order chi connectivity index (χ1) is 4.33. The van der Waals surface area contributed by atoms with Gasteiger partial charge in [0.1, 0.15) is 0 Å². The van der Waals surface area contributed by atoms with Gasteiger partial charge >= 0.3 is 0 Å². The van der Waals surface area contributed by atoms with Gasteiger partial charge in [-0.1, -0.05) is 0 Å². The number of thioether (sulfide) groups is 1. The Morgan fingerprint density at radius 1 is 1.78 bits per heavy atom. The van der Waals surface area contributed by atoms with E-state index in [1.165, 1.54) is 5.75 Å². The Morgan fingerprint density at radius 2 is 2.56 bits per heavy atom. The van der Waals surface area contributed by atoms with E-state index < -0.39 is 0 Å². The van der Waals surface area contributed by atoms with E-state index >= 15 is 0 Å². The normalized spacial score (nSPS) is 35.3. The molecular weight excluding hydrogens is 134 g/mol. The van der Waals surface area contributed by atoms with Crippen molar-refractivity contribution in [2.24, 2.45) is 5.73 Å². The molecule has 9 heavy (non-hydrogen) atoms. The molecule has 1 atom stereocenters. The summed E-state index contributed by atoms with van der Waals surface area (Å²) in [6.45, 7) is 0.663. The number of hydrogen-bond acceptors (Lipinski definition) is 3. The molecule has 1 fully saturated rings. The lowest BCUT2D eigenvalue weighted by Crippen LogP contribution is -2.39. The Hall–Kier alpha value is 0.270. The lowest BCUT2D eigenvalue weighted by Gasteiger charge is -2.23. The van der Waals surface area contributed by atoms with E-state index in [9.17, 15) is 0 Å². The van der Waals surface area contributed by atoms with Gasteiger partial charge in [0.25, 0.3) is 0 Å². The van der Waals surface area contributed by atoms with Crippen molar-refractivity contribution in [3.63, 3.8) is 0 Å². The van der Waals surface area contributed by atoms with E-state index in [2.05, 4.69) is 0 Å². The van der Waals surface area contributed by atoms with Gasteiger partial charge in [0.05, 0.1) is 5.60 Å².